The van der Waals surface area contributed by atoms with E-state index >= 15 is 0 Å². The minimum atomic E-state index is -0.398. The van der Waals surface area contributed by atoms with Crippen molar-refractivity contribution in [2.75, 3.05) is 0 Å². The number of carbonyl (C=O) groups excluding carboxylic acids is 2. The molecule has 0 aliphatic rings. The number of esters is 1. The van der Waals surface area contributed by atoms with E-state index in [9.17, 15) is 9.59 Å². The van der Waals surface area contributed by atoms with Crippen LogP contribution in [0.25, 0.3) is 16.8 Å². The van der Waals surface area contributed by atoms with Gasteiger partial charge in [0.05, 0.1) is 0 Å². The van der Waals surface area contributed by atoms with Crippen LogP contribution in [-0.2, 0) is 0 Å². The number of ether oxygens (including phenoxy) is 1. The van der Waals surface area contributed by atoms with Gasteiger partial charge in [0.1, 0.15) is 10.6 Å². The molecule has 0 N–H and O–H groups in total. The van der Waals surface area contributed by atoms with Gasteiger partial charge in [0, 0.05) is 5.56 Å². The van der Waals surface area contributed by atoms with Crippen LogP contribution in [0.15, 0.2) is 90.3 Å². The molecule has 0 saturated heterocycles. The highest BCUT2D eigenvalue weighted by Gasteiger charge is 2.10. The van der Waals surface area contributed by atoms with Gasteiger partial charge in [0.2, 0.25) is 0 Å². The van der Waals surface area contributed by atoms with Crippen LogP contribution in [0, 0.1) is 0 Å². The molecular formula is C24H16O3S. The Hall–Kier alpha value is -3.50. The van der Waals surface area contributed by atoms with E-state index in [2.05, 4.69) is 0 Å². The monoisotopic (exact) mass is 384 g/mol. The number of benzene rings is 3. The van der Waals surface area contributed by atoms with Gasteiger partial charge in [0.15, 0.2) is 5.78 Å². The molecule has 1 heterocycles. The molecule has 4 heteroatoms. The molecule has 4 rings (SSSR count). The summed E-state index contributed by atoms with van der Waals surface area (Å²) in [6.45, 7) is 0. The van der Waals surface area contributed by atoms with Crippen LogP contribution in [0.4, 0.5) is 0 Å². The van der Waals surface area contributed by atoms with Gasteiger partial charge in [-0.05, 0) is 58.1 Å². The quantitative estimate of drug-likeness (QED) is 0.183. The standard InChI is InChI=1S/C24H16O3S/c25-22(15-12-18-7-3-6-17-5-1-2-8-21(17)18)19-10-13-20(14-11-19)27-24(26)23-9-4-16-28-23/h1-16H. The van der Waals surface area contributed by atoms with E-state index < -0.39 is 5.97 Å². The van der Waals surface area contributed by atoms with Gasteiger partial charge in [-0.25, -0.2) is 4.79 Å². The highest BCUT2D eigenvalue weighted by Crippen LogP contribution is 2.21. The van der Waals surface area contributed by atoms with Crippen LogP contribution in [0.5, 0.6) is 5.75 Å². The molecular weight excluding hydrogens is 368 g/mol. The minimum absolute atomic E-state index is 0.107. The predicted molar refractivity (Wildman–Crippen MR) is 113 cm³/mol. The fourth-order valence-electron chi connectivity index (χ4n) is 2.90. The minimum Gasteiger partial charge on any atom is -0.422 e. The molecule has 0 atom stereocenters. The molecule has 0 fully saturated rings. The summed E-state index contributed by atoms with van der Waals surface area (Å²) in [5.74, 6) is -0.0954. The first kappa shape index (κ1) is 17.9. The molecule has 3 aromatic carbocycles. The van der Waals surface area contributed by atoms with Crippen molar-refractivity contribution in [2.24, 2.45) is 0 Å². The van der Waals surface area contributed by atoms with Crippen LogP contribution in [0.1, 0.15) is 25.6 Å². The highest BCUT2D eigenvalue weighted by molar-refractivity contribution is 7.12. The lowest BCUT2D eigenvalue weighted by Crippen LogP contribution is -2.06. The molecule has 0 spiro atoms. The van der Waals surface area contributed by atoms with Crippen molar-refractivity contribution in [3.63, 3.8) is 0 Å². The molecule has 0 radical (unpaired) electrons. The van der Waals surface area contributed by atoms with Gasteiger partial charge >= 0.3 is 5.97 Å². The molecule has 0 bridgehead atoms. The zero-order chi connectivity index (χ0) is 19.3. The van der Waals surface area contributed by atoms with Crippen LogP contribution in [-0.4, -0.2) is 11.8 Å². The Bertz CT molecular complexity index is 1150. The third-order valence-corrected chi connectivity index (χ3v) is 5.16. The predicted octanol–water partition coefficient (Wildman–Crippen LogP) is 6.02. The number of allylic oxidation sites excluding steroid dienone is 1. The average molecular weight is 384 g/mol. The molecule has 3 nitrogen and oxygen atoms in total. The van der Waals surface area contributed by atoms with Crippen molar-refractivity contribution >= 4 is 39.9 Å². The molecule has 0 unspecified atom stereocenters. The molecule has 0 aliphatic carbocycles. The number of thiophene rings is 1. The summed E-state index contributed by atoms with van der Waals surface area (Å²) >= 11 is 1.33. The van der Waals surface area contributed by atoms with E-state index in [0.717, 1.165) is 16.3 Å². The lowest BCUT2D eigenvalue weighted by atomic mass is 10.0. The fourth-order valence-corrected chi connectivity index (χ4v) is 3.50. The van der Waals surface area contributed by atoms with Crippen LogP contribution < -0.4 is 4.74 Å². The molecule has 1 aromatic heterocycles. The molecule has 0 saturated carbocycles. The molecule has 0 aliphatic heterocycles. The van der Waals surface area contributed by atoms with Crippen molar-refractivity contribution < 1.29 is 14.3 Å². The van der Waals surface area contributed by atoms with Gasteiger partial charge in [-0.3, -0.25) is 4.79 Å². The molecule has 28 heavy (non-hydrogen) atoms. The second-order valence-electron chi connectivity index (χ2n) is 6.16. The first-order valence-electron chi connectivity index (χ1n) is 8.77. The maximum Gasteiger partial charge on any atom is 0.353 e. The third kappa shape index (κ3) is 3.92. The second-order valence-corrected chi connectivity index (χ2v) is 7.10. The first-order chi connectivity index (χ1) is 13.7. The smallest absolute Gasteiger partial charge is 0.353 e. The topological polar surface area (TPSA) is 43.4 Å². The van der Waals surface area contributed by atoms with Crippen LogP contribution in [0.2, 0.25) is 0 Å². The number of carbonyl (C=O) groups is 2. The van der Waals surface area contributed by atoms with Gasteiger partial charge in [-0.1, -0.05) is 54.6 Å². The van der Waals surface area contributed by atoms with Crippen molar-refractivity contribution in [1.29, 1.82) is 0 Å². The van der Waals surface area contributed by atoms with E-state index in [4.69, 9.17) is 4.74 Å². The number of hydrogen-bond acceptors (Lipinski definition) is 4. The van der Waals surface area contributed by atoms with E-state index in [-0.39, 0.29) is 5.78 Å². The zero-order valence-corrected chi connectivity index (χ0v) is 15.7. The number of rotatable bonds is 5. The maximum absolute atomic E-state index is 12.5. The third-order valence-electron chi connectivity index (χ3n) is 4.31. The second kappa shape index (κ2) is 8.03. The van der Waals surface area contributed by atoms with E-state index in [0.29, 0.717) is 16.2 Å². The lowest BCUT2D eigenvalue weighted by Gasteiger charge is -2.04. The summed E-state index contributed by atoms with van der Waals surface area (Å²) in [5, 5.41) is 4.06. The van der Waals surface area contributed by atoms with E-state index in [1.165, 1.54) is 11.3 Å². The highest BCUT2D eigenvalue weighted by atomic mass is 32.1. The zero-order valence-electron chi connectivity index (χ0n) is 14.9. The molecule has 0 amide bonds. The molecule has 4 aromatic rings. The Morgan fingerprint density at radius 2 is 1.61 bits per heavy atom. The van der Waals surface area contributed by atoms with Crippen molar-refractivity contribution in [3.05, 3.63) is 106 Å². The largest absolute Gasteiger partial charge is 0.422 e. The maximum atomic E-state index is 12.5. The molecule has 136 valence electrons. The summed E-state index contributed by atoms with van der Waals surface area (Å²) < 4.78 is 5.31. The number of ketones is 1. The average Bonchev–Trinajstić information content (AvgIpc) is 3.27. The van der Waals surface area contributed by atoms with Crippen molar-refractivity contribution in [2.45, 2.75) is 0 Å². The normalized spacial score (nSPS) is 11.0. The van der Waals surface area contributed by atoms with Gasteiger partial charge in [-0.2, -0.15) is 0 Å². The van der Waals surface area contributed by atoms with E-state index in [1.54, 1.807) is 42.5 Å². The number of hydrogen-bond donors (Lipinski definition) is 0. The number of fused-ring (bicyclic) bond motifs is 1. The van der Waals surface area contributed by atoms with Gasteiger partial charge in [0.25, 0.3) is 0 Å². The fraction of sp³-hybridized carbons (Fsp3) is 0. The SMILES string of the molecule is O=C(C=Cc1cccc2ccccc12)c1ccc(OC(=O)c2cccs2)cc1. The summed E-state index contributed by atoms with van der Waals surface area (Å²) in [6.07, 6.45) is 3.39. The first-order valence-corrected chi connectivity index (χ1v) is 9.64. The van der Waals surface area contributed by atoms with Crippen molar-refractivity contribution in [1.82, 2.24) is 0 Å². The summed E-state index contributed by atoms with van der Waals surface area (Å²) in [5.41, 5.74) is 1.53. The Kier molecular flexibility index (Phi) is 5.13. The van der Waals surface area contributed by atoms with Gasteiger partial charge < -0.3 is 4.74 Å². The van der Waals surface area contributed by atoms with Crippen molar-refractivity contribution in [3.8, 4) is 5.75 Å². The Morgan fingerprint density at radius 1 is 0.821 bits per heavy atom. The summed E-state index contributed by atoms with van der Waals surface area (Å²) in [4.78, 5) is 25.0. The summed E-state index contributed by atoms with van der Waals surface area (Å²) in [6, 6.07) is 24.2. The lowest BCUT2D eigenvalue weighted by molar-refractivity contribution is 0.0740. The van der Waals surface area contributed by atoms with Gasteiger partial charge in [-0.15, -0.1) is 11.3 Å². The van der Waals surface area contributed by atoms with Crippen LogP contribution in [0.3, 0.4) is 0 Å². The Morgan fingerprint density at radius 3 is 2.39 bits per heavy atom. The summed E-state index contributed by atoms with van der Waals surface area (Å²) in [7, 11) is 0. The Labute approximate surface area is 166 Å². The van der Waals surface area contributed by atoms with Crippen LogP contribution >= 0.6 is 11.3 Å². The van der Waals surface area contributed by atoms with E-state index in [1.807, 2.05) is 53.9 Å². The Balaban J connectivity index is 1.47.